The van der Waals surface area contributed by atoms with E-state index in [1.165, 1.54) is 21.6 Å². The molecule has 2 atom stereocenters. The molecule has 0 aromatic carbocycles. The lowest BCUT2D eigenvalue weighted by atomic mass is 9.95. The summed E-state index contributed by atoms with van der Waals surface area (Å²) < 4.78 is 11.0. The molecule has 0 amide bonds. The third-order valence-electron chi connectivity index (χ3n) is 4.60. The van der Waals surface area contributed by atoms with Gasteiger partial charge in [0.15, 0.2) is 0 Å². The van der Waals surface area contributed by atoms with Gasteiger partial charge in [-0.1, -0.05) is 27.7 Å². The van der Waals surface area contributed by atoms with E-state index in [0.717, 1.165) is 18.6 Å². The molecule has 3 heteroatoms. The first-order valence-corrected chi connectivity index (χ1v) is 9.57. The molecule has 0 saturated heterocycles. The fourth-order valence-corrected chi connectivity index (χ4v) is 3.99. The van der Waals surface area contributed by atoms with Gasteiger partial charge >= 0.3 is 0 Å². The Balaban J connectivity index is 1.61. The summed E-state index contributed by atoms with van der Waals surface area (Å²) in [6.07, 6.45) is 7.49. The summed E-state index contributed by atoms with van der Waals surface area (Å²) in [6.45, 7) is 8.96. The van der Waals surface area contributed by atoms with Gasteiger partial charge in [-0.05, 0) is 64.9 Å². The Kier molecular flexibility index (Phi) is 5.30. The van der Waals surface area contributed by atoms with E-state index in [-0.39, 0.29) is 0 Å². The van der Waals surface area contributed by atoms with Gasteiger partial charge in [-0.3, -0.25) is 0 Å². The second-order valence-electron chi connectivity index (χ2n) is 7.14. The third kappa shape index (κ3) is 4.02. The molecule has 3 aromatic rings. The number of furan rings is 2. The predicted octanol–water partition coefficient (Wildman–Crippen LogP) is 6.75. The average molecular weight is 343 g/mol. The van der Waals surface area contributed by atoms with Crippen LogP contribution in [0, 0.1) is 0 Å². The molecule has 0 radical (unpaired) electrons. The Labute approximate surface area is 148 Å². The van der Waals surface area contributed by atoms with E-state index in [1.807, 2.05) is 29.9 Å². The largest absolute Gasteiger partial charge is 0.472 e. The highest BCUT2D eigenvalue weighted by Gasteiger charge is 2.15. The zero-order valence-electron chi connectivity index (χ0n) is 14.9. The van der Waals surface area contributed by atoms with Crippen molar-refractivity contribution in [2.24, 2.45) is 0 Å². The highest BCUT2D eigenvalue weighted by molar-refractivity contribution is 7.10. The minimum Gasteiger partial charge on any atom is -0.472 e. The normalized spacial score (nSPS) is 14.2. The van der Waals surface area contributed by atoms with Gasteiger partial charge in [-0.25, -0.2) is 0 Å². The Morgan fingerprint density at radius 2 is 1.75 bits per heavy atom. The molecule has 2 unspecified atom stereocenters. The van der Waals surface area contributed by atoms with Gasteiger partial charge in [-0.2, -0.15) is 0 Å². The van der Waals surface area contributed by atoms with Crippen LogP contribution in [0.1, 0.15) is 72.8 Å². The highest BCUT2D eigenvalue weighted by atomic mass is 32.1. The van der Waals surface area contributed by atoms with Crippen LogP contribution in [-0.4, -0.2) is 0 Å². The summed E-state index contributed by atoms with van der Waals surface area (Å²) in [5, 5.41) is 2.29. The summed E-state index contributed by atoms with van der Waals surface area (Å²) in [5.41, 5.74) is 3.92. The molecular weight excluding hydrogens is 316 g/mol. The zero-order valence-corrected chi connectivity index (χ0v) is 15.7. The summed E-state index contributed by atoms with van der Waals surface area (Å²) >= 11 is 1.87. The first-order chi connectivity index (χ1) is 11.5. The number of rotatable bonds is 7. The van der Waals surface area contributed by atoms with Gasteiger partial charge in [0.1, 0.15) is 5.76 Å². The molecule has 24 heavy (non-hydrogen) atoms. The van der Waals surface area contributed by atoms with Crippen LogP contribution < -0.4 is 0 Å². The molecule has 2 nitrogen and oxygen atoms in total. The maximum Gasteiger partial charge on any atom is 0.107 e. The monoisotopic (exact) mass is 342 g/mol. The molecule has 0 N–H and O–H groups in total. The summed E-state index contributed by atoms with van der Waals surface area (Å²) in [7, 11) is 0. The van der Waals surface area contributed by atoms with Crippen molar-refractivity contribution in [3.05, 3.63) is 69.7 Å². The van der Waals surface area contributed by atoms with Crippen LogP contribution in [-0.2, 0) is 12.8 Å². The number of thiophene rings is 1. The smallest absolute Gasteiger partial charge is 0.107 e. The summed E-state index contributed by atoms with van der Waals surface area (Å²) in [4.78, 5) is 1.46. The maximum atomic E-state index is 5.85. The molecule has 3 rings (SSSR count). The van der Waals surface area contributed by atoms with E-state index in [4.69, 9.17) is 8.83 Å². The Hall–Kier alpha value is -1.74. The van der Waals surface area contributed by atoms with Crippen molar-refractivity contribution in [2.45, 2.75) is 58.3 Å². The van der Waals surface area contributed by atoms with Gasteiger partial charge in [0.25, 0.3) is 0 Å². The quantitative estimate of drug-likeness (QED) is 0.474. The summed E-state index contributed by atoms with van der Waals surface area (Å²) in [6, 6.07) is 6.60. The minimum atomic E-state index is 0.401. The van der Waals surface area contributed by atoms with Crippen molar-refractivity contribution in [3.8, 4) is 0 Å². The van der Waals surface area contributed by atoms with Gasteiger partial charge in [0, 0.05) is 10.8 Å². The SMILES string of the molecule is CC(C)c1cc(CC(C)c2cc(CC(C)c3ccoc3)co2)cs1. The average Bonchev–Trinajstić information content (AvgIpc) is 3.28. The van der Waals surface area contributed by atoms with Crippen LogP contribution in [0.15, 0.2) is 51.2 Å². The van der Waals surface area contributed by atoms with Gasteiger partial charge in [0.2, 0.25) is 0 Å². The van der Waals surface area contributed by atoms with E-state index >= 15 is 0 Å². The lowest BCUT2D eigenvalue weighted by Crippen LogP contribution is -1.97. The van der Waals surface area contributed by atoms with E-state index in [0.29, 0.717) is 17.8 Å². The van der Waals surface area contributed by atoms with Crippen molar-refractivity contribution in [3.63, 3.8) is 0 Å². The molecule has 0 aliphatic carbocycles. The van der Waals surface area contributed by atoms with Gasteiger partial charge in [-0.15, -0.1) is 11.3 Å². The van der Waals surface area contributed by atoms with Crippen LogP contribution in [0.5, 0.6) is 0 Å². The van der Waals surface area contributed by atoms with Crippen LogP contribution in [0.3, 0.4) is 0 Å². The van der Waals surface area contributed by atoms with E-state index in [2.05, 4.69) is 45.2 Å². The Morgan fingerprint density at radius 1 is 0.958 bits per heavy atom. The number of hydrogen-bond donors (Lipinski definition) is 0. The third-order valence-corrected chi connectivity index (χ3v) is 5.88. The van der Waals surface area contributed by atoms with Crippen LogP contribution >= 0.6 is 11.3 Å². The fraction of sp³-hybridized carbons (Fsp3) is 0.429. The molecule has 3 heterocycles. The van der Waals surface area contributed by atoms with Crippen LogP contribution in [0.25, 0.3) is 0 Å². The molecule has 3 aromatic heterocycles. The molecule has 128 valence electrons. The Bertz CT molecular complexity index is 749. The van der Waals surface area contributed by atoms with Crippen molar-refractivity contribution >= 4 is 11.3 Å². The topological polar surface area (TPSA) is 26.3 Å². The van der Waals surface area contributed by atoms with Crippen molar-refractivity contribution < 1.29 is 8.83 Å². The second-order valence-corrected chi connectivity index (χ2v) is 8.08. The van der Waals surface area contributed by atoms with Crippen molar-refractivity contribution in [2.75, 3.05) is 0 Å². The zero-order chi connectivity index (χ0) is 17.1. The fourth-order valence-electron chi connectivity index (χ4n) is 3.05. The molecule has 0 bridgehead atoms. The summed E-state index contributed by atoms with van der Waals surface area (Å²) in [5.74, 6) is 2.54. The molecule has 0 fully saturated rings. The first-order valence-electron chi connectivity index (χ1n) is 8.69. The molecule has 0 spiro atoms. The van der Waals surface area contributed by atoms with E-state index in [1.54, 1.807) is 6.26 Å². The first kappa shape index (κ1) is 17.1. The molecule has 0 aliphatic rings. The molecule has 0 saturated carbocycles. The minimum absolute atomic E-state index is 0.401. The lowest BCUT2D eigenvalue weighted by molar-refractivity contribution is 0.471. The van der Waals surface area contributed by atoms with Crippen LogP contribution in [0.2, 0.25) is 0 Å². The van der Waals surface area contributed by atoms with Crippen molar-refractivity contribution in [1.29, 1.82) is 0 Å². The molecular formula is C21H26O2S. The van der Waals surface area contributed by atoms with E-state index in [9.17, 15) is 0 Å². The predicted molar refractivity (Wildman–Crippen MR) is 100 cm³/mol. The molecule has 0 aliphatic heterocycles. The lowest BCUT2D eigenvalue weighted by Gasteiger charge is -2.07. The van der Waals surface area contributed by atoms with Gasteiger partial charge < -0.3 is 8.83 Å². The van der Waals surface area contributed by atoms with Crippen LogP contribution in [0.4, 0.5) is 0 Å². The standard InChI is InChI=1S/C21H26O2S/c1-14(2)21-10-18(13-24-21)8-16(4)20-9-17(11-23-20)7-15(3)19-5-6-22-12-19/h5-6,9-16H,7-8H2,1-4H3. The Morgan fingerprint density at radius 3 is 2.42 bits per heavy atom. The van der Waals surface area contributed by atoms with Crippen molar-refractivity contribution in [1.82, 2.24) is 0 Å². The van der Waals surface area contributed by atoms with E-state index < -0.39 is 0 Å². The highest BCUT2D eigenvalue weighted by Crippen LogP contribution is 2.29. The second kappa shape index (κ2) is 7.43. The van der Waals surface area contributed by atoms with Gasteiger partial charge in [0.05, 0.1) is 18.8 Å². The maximum absolute atomic E-state index is 5.85. The number of hydrogen-bond acceptors (Lipinski definition) is 3.